The van der Waals surface area contributed by atoms with Gasteiger partial charge in [0.25, 0.3) is 0 Å². The lowest BCUT2D eigenvalue weighted by Crippen LogP contribution is -1.85. The number of hydrogen-bond acceptors (Lipinski definition) is 3. The summed E-state index contributed by atoms with van der Waals surface area (Å²) in [5.74, 6) is 0. The molecule has 0 aromatic carbocycles. The van der Waals surface area contributed by atoms with Crippen molar-refractivity contribution in [1.29, 1.82) is 0 Å². The predicted octanol–water partition coefficient (Wildman–Crippen LogP) is 3.79. The highest BCUT2D eigenvalue weighted by molar-refractivity contribution is 6.35. The van der Waals surface area contributed by atoms with E-state index in [4.69, 9.17) is 23.2 Å². The van der Waals surface area contributed by atoms with Crippen molar-refractivity contribution < 1.29 is 0 Å². The lowest BCUT2D eigenvalue weighted by atomic mass is 10.3. The molecule has 90 valence electrons. The Morgan fingerprint density at radius 3 is 1.82 bits per heavy atom. The number of aryl methyl sites for hydroxylation is 2. The molecule has 5 heteroatoms. The Morgan fingerprint density at radius 2 is 1.47 bits per heavy atom. The predicted molar refractivity (Wildman–Crippen MR) is 70.5 cm³/mol. The fourth-order valence-corrected chi connectivity index (χ4v) is 1.30. The first-order valence-electron chi connectivity index (χ1n) is 5.01. The van der Waals surface area contributed by atoms with Crippen molar-refractivity contribution in [3.05, 3.63) is 51.8 Å². The average Bonchev–Trinajstić information content (AvgIpc) is 2.31. The molecule has 0 aliphatic rings. The minimum Gasteiger partial charge on any atom is -0.262 e. The van der Waals surface area contributed by atoms with Crippen molar-refractivity contribution in [3.63, 3.8) is 0 Å². The standard InChI is InChI=1S/C6H5Cl2N.C6H8N2/c1-4-5(7)2-9-3-6(4)8;1-5-3-7-4-8-6(5)2/h2-3H,1H3;3-4H,1-2H3. The molecule has 2 aromatic heterocycles. The molecule has 0 bridgehead atoms. The fourth-order valence-electron chi connectivity index (χ4n) is 0.936. The van der Waals surface area contributed by atoms with Crippen LogP contribution in [0.15, 0.2) is 24.9 Å². The molecule has 2 rings (SSSR count). The zero-order valence-electron chi connectivity index (χ0n) is 9.91. The zero-order valence-corrected chi connectivity index (χ0v) is 11.4. The van der Waals surface area contributed by atoms with E-state index in [9.17, 15) is 0 Å². The smallest absolute Gasteiger partial charge is 0.115 e. The minimum atomic E-state index is 0.613. The van der Waals surface area contributed by atoms with Gasteiger partial charge in [0, 0.05) is 24.3 Å². The molecule has 3 nitrogen and oxygen atoms in total. The third kappa shape index (κ3) is 4.29. The third-order valence-electron chi connectivity index (χ3n) is 2.25. The molecule has 17 heavy (non-hydrogen) atoms. The normalized spacial score (nSPS) is 9.47. The van der Waals surface area contributed by atoms with E-state index in [0.29, 0.717) is 10.0 Å². The van der Waals surface area contributed by atoms with Gasteiger partial charge < -0.3 is 0 Å². The number of halogens is 2. The highest BCUT2D eigenvalue weighted by Crippen LogP contribution is 2.20. The second-order valence-electron chi connectivity index (χ2n) is 3.52. The van der Waals surface area contributed by atoms with Crippen molar-refractivity contribution in [2.24, 2.45) is 0 Å². The number of aromatic nitrogens is 3. The summed E-state index contributed by atoms with van der Waals surface area (Å²) in [5, 5.41) is 1.23. The van der Waals surface area contributed by atoms with Crippen LogP contribution in [0.1, 0.15) is 16.8 Å². The quantitative estimate of drug-likeness (QED) is 0.731. The Hall–Kier alpha value is -1.19. The van der Waals surface area contributed by atoms with Crippen LogP contribution in [0.5, 0.6) is 0 Å². The van der Waals surface area contributed by atoms with Crippen molar-refractivity contribution >= 4 is 23.2 Å². The maximum atomic E-state index is 5.67. The van der Waals surface area contributed by atoms with Crippen molar-refractivity contribution in [2.75, 3.05) is 0 Å². The van der Waals surface area contributed by atoms with E-state index in [0.717, 1.165) is 16.8 Å². The lowest BCUT2D eigenvalue weighted by Gasteiger charge is -1.95. The summed E-state index contributed by atoms with van der Waals surface area (Å²) < 4.78 is 0. The van der Waals surface area contributed by atoms with E-state index in [-0.39, 0.29) is 0 Å². The molecule has 0 aliphatic heterocycles. The summed E-state index contributed by atoms with van der Waals surface area (Å²) in [7, 11) is 0. The van der Waals surface area contributed by atoms with Crippen LogP contribution < -0.4 is 0 Å². The molecule has 0 unspecified atom stereocenters. The first-order valence-corrected chi connectivity index (χ1v) is 5.76. The summed E-state index contributed by atoms with van der Waals surface area (Å²) in [4.78, 5) is 11.6. The van der Waals surface area contributed by atoms with Crippen LogP contribution >= 0.6 is 23.2 Å². The Labute approximate surface area is 111 Å². The van der Waals surface area contributed by atoms with Crippen LogP contribution in [0.2, 0.25) is 10.0 Å². The summed E-state index contributed by atoms with van der Waals surface area (Å²) in [5.41, 5.74) is 3.08. The van der Waals surface area contributed by atoms with Gasteiger partial charge in [0.1, 0.15) is 6.33 Å². The van der Waals surface area contributed by atoms with Gasteiger partial charge in [-0.05, 0) is 31.9 Å². The van der Waals surface area contributed by atoms with Crippen molar-refractivity contribution in [2.45, 2.75) is 20.8 Å². The highest BCUT2D eigenvalue weighted by atomic mass is 35.5. The van der Waals surface area contributed by atoms with Crippen LogP contribution in [0.25, 0.3) is 0 Å². The molecule has 0 amide bonds. The lowest BCUT2D eigenvalue weighted by molar-refractivity contribution is 1.06. The van der Waals surface area contributed by atoms with Crippen molar-refractivity contribution in [1.82, 2.24) is 15.0 Å². The molecule has 2 heterocycles. The number of hydrogen-bond donors (Lipinski definition) is 0. The average molecular weight is 270 g/mol. The third-order valence-corrected chi connectivity index (χ3v) is 3.01. The number of nitrogens with zero attached hydrogens (tertiary/aromatic N) is 3. The van der Waals surface area contributed by atoms with Gasteiger partial charge in [-0.3, -0.25) is 4.98 Å². The second-order valence-corrected chi connectivity index (χ2v) is 4.33. The van der Waals surface area contributed by atoms with E-state index in [1.165, 1.54) is 0 Å². The first-order chi connectivity index (χ1) is 8.02. The van der Waals surface area contributed by atoms with Crippen LogP contribution in [-0.2, 0) is 0 Å². The molecule has 0 aliphatic carbocycles. The molecule has 0 atom stereocenters. The Balaban J connectivity index is 0.000000171. The summed E-state index contributed by atoms with van der Waals surface area (Å²) in [6, 6.07) is 0. The Morgan fingerprint density at radius 1 is 0.882 bits per heavy atom. The minimum absolute atomic E-state index is 0.613. The van der Waals surface area contributed by atoms with Gasteiger partial charge in [0.15, 0.2) is 0 Å². The maximum Gasteiger partial charge on any atom is 0.115 e. The first kappa shape index (κ1) is 13.9. The van der Waals surface area contributed by atoms with E-state index in [1.807, 2.05) is 27.0 Å². The maximum absolute atomic E-state index is 5.67. The SMILES string of the molecule is Cc1c(Cl)cncc1Cl.Cc1cncnc1C. The number of rotatable bonds is 0. The van der Waals surface area contributed by atoms with Gasteiger partial charge in [0.05, 0.1) is 10.0 Å². The molecule has 0 spiro atoms. The molecule has 0 fully saturated rings. The van der Waals surface area contributed by atoms with Crippen LogP contribution in [0, 0.1) is 20.8 Å². The van der Waals surface area contributed by atoms with Gasteiger partial charge in [0.2, 0.25) is 0 Å². The second kappa shape index (κ2) is 6.52. The van der Waals surface area contributed by atoms with Gasteiger partial charge in [-0.1, -0.05) is 23.2 Å². The van der Waals surface area contributed by atoms with E-state index < -0.39 is 0 Å². The molecule has 0 saturated carbocycles. The van der Waals surface area contributed by atoms with Crippen LogP contribution in [0.4, 0.5) is 0 Å². The molecule has 2 aromatic rings. The highest BCUT2D eigenvalue weighted by Gasteiger charge is 1.97. The van der Waals surface area contributed by atoms with Gasteiger partial charge in [-0.15, -0.1) is 0 Å². The van der Waals surface area contributed by atoms with E-state index in [1.54, 1.807) is 18.7 Å². The largest absolute Gasteiger partial charge is 0.262 e. The van der Waals surface area contributed by atoms with Crippen LogP contribution in [-0.4, -0.2) is 15.0 Å². The van der Waals surface area contributed by atoms with Gasteiger partial charge in [-0.2, -0.15) is 0 Å². The molecular formula is C12H13Cl2N3. The van der Waals surface area contributed by atoms with E-state index >= 15 is 0 Å². The van der Waals surface area contributed by atoms with Gasteiger partial charge in [-0.25, -0.2) is 9.97 Å². The Bertz CT molecular complexity index is 460. The molecule has 0 radical (unpaired) electrons. The topological polar surface area (TPSA) is 38.7 Å². The zero-order chi connectivity index (χ0) is 12.8. The van der Waals surface area contributed by atoms with Gasteiger partial charge >= 0.3 is 0 Å². The molecule has 0 saturated heterocycles. The summed E-state index contributed by atoms with van der Waals surface area (Å²) in [6.07, 6.45) is 6.51. The Kier molecular flexibility index (Phi) is 5.32. The number of pyridine rings is 1. The van der Waals surface area contributed by atoms with Crippen molar-refractivity contribution in [3.8, 4) is 0 Å². The molecular weight excluding hydrogens is 257 g/mol. The van der Waals surface area contributed by atoms with E-state index in [2.05, 4.69) is 15.0 Å². The summed E-state index contributed by atoms with van der Waals surface area (Å²) >= 11 is 11.3. The van der Waals surface area contributed by atoms with Crippen LogP contribution in [0.3, 0.4) is 0 Å². The molecule has 0 N–H and O–H groups in total. The fraction of sp³-hybridized carbons (Fsp3) is 0.250. The summed E-state index contributed by atoms with van der Waals surface area (Å²) in [6.45, 7) is 5.82. The monoisotopic (exact) mass is 269 g/mol.